The first-order valence-electron chi connectivity index (χ1n) is 5.29. The molecule has 1 heterocycles. The van der Waals surface area contributed by atoms with E-state index in [9.17, 15) is 9.59 Å². The lowest BCUT2D eigenvalue weighted by molar-refractivity contribution is -0.135. The molecule has 0 saturated carbocycles. The Labute approximate surface area is 113 Å². The van der Waals surface area contributed by atoms with Gasteiger partial charge in [0.15, 0.2) is 11.5 Å². The van der Waals surface area contributed by atoms with E-state index in [-0.39, 0.29) is 5.69 Å². The Morgan fingerprint density at radius 1 is 1.32 bits per heavy atom. The Morgan fingerprint density at radius 2 is 2.00 bits per heavy atom. The molecule has 0 aliphatic rings. The Kier molecular flexibility index (Phi) is 3.82. The molecule has 2 aromatic rings. The van der Waals surface area contributed by atoms with Crippen LogP contribution in [-0.2, 0) is 4.79 Å². The summed E-state index contributed by atoms with van der Waals surface area (Å²) in [7, 11) is 0. The number of nitrogens with zero attached hydrogens (tertiary/aromatic N) is 1. The third-order valence-corrected chi connectivity index (χ3v) is 2.52. The number of aliphatic carboxylic acids is 1. The van der Waals surface area contributed by atoms with Crippen LogP contribution in [-0.4, -0.2) is 28.7 Å². The molecular weight excluding hydrogens is 272 g/mol. The summed E-state index contributed by atoms with van der Waals surface area (Å²) in [5.41, 5.74) is 0.736. The second-order valence-electron chi connectivity index (χ2n) is 3.66. The van der Waals surface area contributed by atoms with Crippen LogP contribution in [0.1, 0.15) is 10.5 Å². The van der Waals surface area contributed by atoms with Crippen LogP contribution in [0.5, 0.6) is 0 Å². The topological polar surface area (TPSA) is 92.4 Å². The number of benzene rings is 1. The van der Waals surface area contributed by atoms with Gasteiger partial charge in [0.1, 0.15) is 6.54 Å². The van der Waals surface area contributed by atoms with E-state index in [2.05, 4.69) is 10.5 Å². The lowest BCUT2D eigenvalue weighted by atomic mass is 10.1. The van der Waals surface area contributed by atoms with Gasteiger partial charge in [0.25, 0.3) is 5.91 Å². The van der Waals surface area contributed by atoms with Gasteiger partial charge in [-0.15, -0.1) is 0 Å². The summed E-state index contributed by atoms with van der Waals surface area (Å²) in [6.45, 7) is -0.470. The lowest BCUT2D eigenvalue weighted by Crippen LogP contribution is -2.29. The van der Waals surface area contributed by atoms with E-state index in [0.717, 1.165) is 0 Å². The number of carboxylic acid groups (broad SMARTS) is 1. The Bertz CT molecular complexity index is 606. The maximum absolute atomic E-state index is 11.5. The summed E-state index contributed by atoms with van der Waals surface area (Å²) < 4.78 is 5.02. The second kappa shape index (κ2) is 5.53. The summed E-state index contributed by atoms with van der Waals surface area (Å²) in [6, 6.07) is 8.25. The predicted molar refractivity (Wildman–Crippen MR) is 66.9 cm³/mol. The average molecular weight is 281 g/mol. The number of rotatable bonds is 4. The molecule has 0 radical (unpaired) electrons. The van der Waals surface area contributed by atoms with E-state index in [4.69, 9.17) is 21.2 Å². The van der Waals surface area contributed by atoms with Crippen LogP contribution in [0.25, 0.3) is 11.3 Å². The van der Waals surface area contributed by atoms with Gasteiger partial charge >= 0.3 is 5.97 Å². The van der Waals surface area contributed by atoms with E-state index < -0.39 is 18.4 Å². The summed E-state index contributed by atoms with van der Waals surface area (Å²) in [4.78, 5) is 21.9. The minimum absolute atomic E-state index is 0.0196. The molecule has 0 fully saturated rings. The van der Waals surface area contributed by atoms with Crippen LogP contribution < -0.4 is 5.32 Å². The lowest BCUT2D eigenvalue weighted by Gasteiger charge is -1.96. The third-order valence-electron chi connectivity index (χ3n) is 2.27. The van der Waals surface area contributed by atoms with Crippen LogP contribution >= 0.6 is 11.6 Å². The highest BCUT2D eigenvalue weighted by Crippen LogP contribution is 2.22. The normalized spacial score (nSPS) is 10.2. The van der Waals surface area contributed by atoms with E-state index in [1.54, 1.807) is 24.3 Å². The number of hydrogen-bond donors (Lipinski definition) is 2. The summed E-state index contributed by atoms with van der Waals surface area (Å²) in [6.07, 6.45) is 0. The standard InChI is InChI=1S/C12H9ClN2O4/c13-8-3-1-7(2-4-8)10-5-9(15-19-10)12(18)14-6-11(16)17/h1-5H,6H2,(H,14,18)(H,16,17). The fraction of sp³-hybridized carbons (Fsp3) is 0.0833. The molecule has 0 aliphatic carbocycles. The van der Waals surface area contributed by atoms with Gasteiger partial charge in [0, 0.05) is 16.7 Å². The van der Waals surface area contributed by atoms with Crippen LogP contribution in [0.4, 0.5) is 0 Å². The molecule has 98 valence electrons. The average Bonchev–Trinajstić information content (AvgIpc) is 2.86. The molecule has 6 nitrogen and oxygen atoms in total. The Balaban J connectivity index is 2.12. The van der Waals surface area contributed by atoms with Gasteiger partial charge < -0.3 is 14.9 Å². The quantitative estimate of drug-likeness (QED) is 0.891. The largest absolute Gasteiger partial charge is 0.480 e. The highest BCUT2D eigenvalue weighted by molar-refractivity contribution is 6.30. The molecule has 0 spiro atoms. The van der Waals surface area contributed by atoms with Crippen molar-refractivity contribution >= 4 is 23.5 Å². The number of hydrogen-bond acceptors (Lipinski definition) is 4. The van der Waals surface area contributed by atoms with Gasteiger partial charge in [-0.2, -0.15) is 0 Å². The molecule has 2 rings (SSSR count). The number of nitrogens with one attached hydrogen (secondary N) is 1. The first-order chi connectivity index (χ1) is 9.06. The monoisotopic (exact) mass is 280 g/mol. The molecule has 0 atom stereocenters. The molecule has 19 heavy (non-hydrogen) atoms. The van der Waals surface area contributed by atoms with Gasteiger partial charge in [-0.3, -0.25) is 9.59 Å². The van der Waals surface area contributed by atoms with Gasteiger partial charge in [0.05, 0.1) is 0 Å². The van der Waals surface area contributed by atoms with Crippen molar-refractivity contribution in [3.05, 3.63) is 41.0 Å². The first-order valence-corrected chi connectivity index (χ1v) is 5.66. The molecular formula is C12H9ClN2O4. The molecule has 2 N–H and O–H groups in total. The van der Waals surface area contributed by atoms with Crippen molar-refractivity contribution in [3.63, 3.8) is 0 Å². The number of carbonyl (C=O) groups is 2. The number of halogens is 1. The zero-order valence-corrected chi connectivity index (χ0v) is 10.3. The van der Waals surface area contributed by atoms with Crippen LogP contribution in [0.2, 0.25) is 5.02 Å². The molecule has 0 saturated heterocycles. The number of amides is 1. The summed E-state index contributed by atoms with van der Waals surface area (Å²) in [5.74, 6) is -1.33. The smallest absolute Gasteiger partial charge is 0.322 e. The van der Waals surface area contributed by atoms with Gasteiger partial charge in [-0.05, 0) is 24.3 Å². The Hall–Kier alpha value is -2.34. The van der Waals surface area contributed by atoms with Crippen molar-refractivity contribution in [2.45, 2.75) is 0 Å². The number of carbonyl (C=O) groups excluding carboxylic acids is 1. The maximum atomic E-state index is 11.5. The molecule has 1 aromatic carbocycles. The van der Waals surface area contributed by atoms with Gasteiger partial charge in [-0.1, -0.05) is 16.8 Å². The Morgan fingerprint density at radius 3 is 2.63 bits per heavy atom. The molecule has 7 heteroatoms. The van der Waals surface area contributed by atoms with Gasteiger partial charge in [0.2, 0.25) is 0 Å². The molecule has 1 aromatic heterocycles. The van der Waals surface area contributed by atoms with Gasteiger partial charge in [-0.25, -0.2) is 0 Å². The van der Waals surface area contributed by atoms with E-state index in [1.165, 1.54) is 6.07 Å². The summed E-state index contributed by atoms with van der Waals surface area (Å²) in [5, 5.41) is 14.8. The molecule has 0 aliphatic heterocycles. The first kappa shape index (κ1) is 13.1. The second-order valence-corrected chi connectivity index (χ2v) is 4.10. The zero-order valence-electron chi connectivity index (χ0n) is 9.59. The van der Waals surface area contributed by atoms with E-state index >= 15 is 0 Å². The molecule has 0 unspecified atom stereocenters. The summed E-state index contributed by atoms with van der Waals surface area (Å²) >= 11 is 5.76. The SMILES string of the molecule is O=C(O)CNC(=O)c1cc(-c2ccc(Cl)cc2)on1. The highest BCUT2D eigenvalue weighted by atomic mass is 35.5. The minimum Gasteiger partial charge on any atom is -0.480 e. The van der Waals surface area contributed by atoms with E-state index in [0.29, 0.717) is 16.3 Å². The van der Waals surface area contributed by atoms with Crippen molar-refractivity contribution in [2.75, 3.05) is 6.54 Å². The van der Waals surface area contributed by atoms with Crippen LogP contribution in [0.3, 0.4) is 0 Å². The van der Waals surface area contributed by atoms with Crippen LogP contribution in [0.15, 0.2) is 34.9 Å². The van der Waals surface area contributed by atoms with Crippen molar-refractivity contribution < 1.29 is 19.2 Å². The third kappa shape index (κ3) is 3.32. The van der Waals surface area contributed by atoms with Crippen molar-refractivity contribution in [1.29, 1.82) is 0 Å². The zero-order chi connectivity index (χ0) is 13.8. The van der Waals surface area contributed by atoms with Crippen molar-refractivity contribution in [3.8, 4) is 11.3 Å². The number of carboxylic acids is 1. The van der Waals surface area contributed by atoms with Crippen LogP contribution in [0, 0.1) is 0 Å². The molecule has 1 amide bonds. The molecule has 0 bridgehead atoms. The fourth-order valence-electron chi connectivity index (χ4n) is 1.38. The fourth-order valence-corrected chi connectivity index (χ4v) is 1.50. The maximum Gasteiger partial charge on any atom is 0.322 e. The van der Waals surface area contributed by atoms with Crippen molar-refractivity contribution in [2.24, 2.45) is 0 Å². The predicted octanol–water partition coefficient (Wildman–Crippen LogP) is 1.81. The van der Waals surface area contributed by atoms with Crippen molar-refractivity contribution in [1.82, 2.24) is 10.5 Å². The van der Waals surface area contributed by atoms with E-state index in [1.807, 2.05) is 0 Å². The highest BCUT2D eigenvalue weighted by Gasteiger charge is 2.14. The minimum atomic E-state index is -1.13. The number of aromatic nitrogens is 1.